The van der Waals surface area contributed by atoms with Crippen molar-refractivity contribution in [3.8, 4) is 0 Å². The number of hydrogen-bond donors (Lipinski definition) is 1. The normalized spacial score (nSPS) is 12.3. The average molecular weight is 256 g/mol. The number of ether oxygens (including phenoxy) is 1. The molecule has 0 aliphatic carbocycles. The summed E-state index contributed by atoms with van der Waals surface area (Å²) in [5, 5.41) is 9.91. The third-order valence-corrected chi connectivity index (χ3v) is 3.06. The molecule has 0 saturated carbocycles. The first-order valence-corrected chi connectivity index (χ1v) is 6.71. The average Bonchev–Trinajstić information content (AvgIpc) is 2.49. The van der Waals surface area contributed by atoms with Crippen molar-refractivity contribution in [3.05, 3.63) is 71.8 Å². The largest absolute Gasteiger partial charge is 0.386 e. The summed E-state index contributed by atoms with van der Waals surface area (Å²) in [7, 11) is 0. The molecule has 19 heavy (non-hydrogen) atoms. The van der Waals surface area contributed by atoms with Gasteiger partial charge >= 0.3 is 0 Å². The van der Waals surface area contributed by atoms with Crippen LogP contribution in [0.15, 0.2) is 60.7 Å². The lowest BCUT2D eigenvalue weighted by Crippen LogP contribution is -2.08. The summed E-state index contributed by atoms with van der Waals surface area (Å²) in [6, 6.07) is 20.0. The fourth-order valence-electron chi connectivity index (χ4n) is 1.99. The van der Waals surface area contributed by atoms with Crippen LogP contribution >= 0.6 is 0 Å². The highest BCUT2D eigenvalue weighted by Gasteiger charge is 2.06. The minimum absolute atomic E-state index is 0.360. The first kappa shape index (κ1) is 13.8. The van der Waals surface area contributed by atoms with Crippen molar-refractivity contribution < 1.29 is 9.84 Å². The molecule has 100 valence electrons. The van der Waals surface area contributed by atoms with Gasteiger partial charge in [0.1, 0.15) is 6.10 Å². The molecule has 2 heteroatoms. The Balaban J connectivity index is 1.62. The van der Waals surface area contributed by atoms with Gasteiger partial charge in [-0.05, 0) is 24.0 Å². The molecule has 2 aromatic carbocycles. The predicted octanol–water partition coefficient (Wildman–Crippen LogP) is 3.37. The molecule has 0 spiro atoms. The minimum atomic E-state index is -0.530. The second kappa shape index (κ2) is 7.72. The molecule has 2 nitrogen and oxygen atoms in total. The summed E-state index contributed by atoms with van der Waals surface area (Å²) in [6.07, 6.45) is 1.46. The smallest absolute Gasteiger partial charge is 0.102 e. The van der Waals surface area contributed by atoms with E-state index < -0.39 is 6.10 Å². The molecule has 1 atom stereocenters. The molecule has 1 N–H and O–H groups in total. The van der Waals surface area contributed by atoms with E-state index in [1.165, 1.54) is 5.56 Å². The summed E-state index contributed by atoms with van der Waals surface area (Å²) in [4.78, 5) is 0. The highest BCUT2D eigenvalue weighted by Crippen LogP contribution is 2.12. The van der Waals surface area contributed by atoms with Gasteiger partial charge in [-0.15, -0.1) is 0 Å². The van der Waals surface area contributed by atoms with E-state index in [9.17, 15) is 5.11 Å². The third kappa shape index (κ3) is 4.86. The van der Waals surface area contributed by atoms with Gasteiger partial charge in [-0.25, -0.2) is 0 Å². The standard InChI is InChI=1S/C17H20O2/c18-17(16-11-5-2-6-12-16)14-19-13-7-10-15-8-3-1-4-9-15/h1-6,8-9,11-12,17-18H,7,10,13-14H2. The number of rotatable bonds is 7. The Hall–Kier alpha value is -1.64. The summed E-state index contributed by atoms with van der Waals surface area (Å²) in [6.45, 7) is 1.04. The molecule has 0 saturated heterocycles. The second-order valence-corrected chi connectivity index (χ2v) is 4.59. The molecule has 1 unspecified atom stereocenters. The van der Waals surface area contributed by atoms with Crippen LogP contribution in [-0.2, 0) is 11.2 Å². The van der Waals surface area contributed by atoms with Gasteiger partial charge in [0.2, 0.25) is 0 Å². The molecule has 2 aromatic rings. The molecule has 0 amide bonds. The van der Waals surface area contributed by atoms with Gasteiger partial charge in [-0.1, -0.05) is 60.7 Å². The number of hydrogen-bond acceptors (Lipinski definition) is 2. The molecule has 0 bridgehead atoms. The van der Waals surface area contributed by atoms with E-state index in [0.29, 0.717) is 13.2 Å². The van der Waals surface area contributed by atoms with E-state index in [-0.39, 0.29) is 0 Å². The van der Waals surface area contributed by atoms with Crippen LogP contribution in [0.4, 0.5) is 0 Å². The van der Waals surface area contributed by atoms with Crippen LogP contribution in [0.3, 0.4) is 0 Å². The quantitative estimate of drug-likeness (QED) is 0.770. The van der Waals surface area contributed by atoms with E-state index in [1.807, 2.05) is 36.4 Å². The van der Waals surface area contributed by atoms with Gasteiger partial charge in [0, 0.05) is 6.61 Å². The summed E-state index contributed by atoms with van der Waals surface area (Å²) in [5.41, 5.74) is 2.24. The topological polar surface area (TPSA) is 29.5 Å². The summed E-state index contributed by atoms with van der Waals surface area (Å²) in [5.74, 6) is 0. The molecule has 0 heterocycles. The first-order chi connectivity index (χ1) is 9.36. The van der Waals surface area contributed by atoms with Crippen LogP contribution in [0.25, 0.3) is 0 Å². The van der Waals surface area contributed by atoms with E-state index in [0.717, 1.165) is 18.4 Å². The van der Waals surface area contributed by atoms with Crippen molar-refractivity contribution in [1.29, 1.82) is 0 Å². The Morgan fingerprint density at radius 3 is 2.21 bits per heavy atom. The third-order valence-electron chi connectivity index (χ3n) is 3.06. The lowest BCUT2D eigenvalue weighted by Gasteiger charge is -2.11. The van der Waals surface area contributed by atoms with Crippen LogP contribution in [0.1, 0.15) is 23.7 Å². The molecule has 0 aromatic heterocycles. The number of benzene rings is 2. The van der Waals surface area contributed by atoms with Crippen molar-refractivity contribution in [2.24, 2.45) is 0 Å². The highest BCUT2D eigenvalue weighted by molar-refractivity contribution is 5.17. The van der Waals surface area contributed by atoms with Crippen molar-refractivity contribution in [3.63, 3.8) is 0 Å². The second-order valence-electron chi connectivity index (χ2n) is 4.59. The zero-order valence-corrected chi connectivity index (χ0v) is 11.0. The fraction of sp³-hybridized carbons (Fsp3) is 0.294. The summed E-state index contributed by atoms with van der Waals surface area (Å²) < 4.78 is 5.52. The van der Waals surface area contributed by atoms with Crippen LogP contribution in [0.5, 0.6) is 0 Å². The van der Waals surface area contributed by atoms with Gasteiger partial charge < -0.3 is 9.84 Å². The zero-order chi connectivity index (χ0) is 13.3. The monoisotopic (exact) mass is 256 g/mol. The lowest BCUT2D eigenvalue weighted by molar-refractivity contribution is 0.0352. The van der Waals surface area contributed by atoms with Gasteiger partial charge in [0.15, 0.2) is 0 Å². The molecular weight excluding hydrogens is 236 g/mol. The molecule has 2 rings (SSSR count). The minimum Gasteiger partial charge on any atom is -0.386 e. The Labute approximate surface area is 114 Å². The Kier molecular flexibility index (Phi) is 5.60. The summed E-state index contributed by atoms with van der Waals surface area (Å²) >= 11 is 0. The maximum Gasteiger partial charge on any atom is 0.102 e. The van der Waals surface area contributed by atoms with E-state index >= 15 is 0 Å². The van der Waals surface area contributed by atoms with Gasteiger partial charge in [-0.3, -0.25) is 0 Å². The van der Waals surface area contributed by atoms with Crippen molar-refractivity contribution in [2.45, 2.75) is 18.9 Å². The molecular formula is C17H20O2. The predicted molar refractivity (Wildman–Crippen MR) is 77.0 cm³/mol. The van der Waals surface area contributed by atoms with Gasteiger partial charge in [-0.2, -0.15) is 0 Å². The fourth-order valence-corrected chi connectivity index (χ4v) is 1.99. The van der Waals surface area contributed by atoms with Gasteiger partial charge in [0.05, 0.1) is 6.61 Å². The van der Waals surface area contributed by atoms with E-state index in [4.69, 9.17) is 4.74 Å². The van der Waals surface area contributed by atoms with Crippen LogP contribution in [0, 0.1) is 0 Å². The van der Waals surface area contributed by atoms with Crippen LogP contribution in [-0.4, -0.2) is 18.3 Å². The van der Waals surface area contributed by atoms with Crippen molar-refractivity contribution in [2.75, 3.05) is 13.2 Å². The Morgan fingerprint density at radius 2 is 1.53 bits per heavy atom. The Morgan fingerprint density at radius 1 is 0.895 bits per heavy atom. The molecule has 0 aliphatic rings. The van der Waals surface area contributed by atoms with E-state index in [1.54, 1.807) is 0 Å². The highest BCUT2D eigenvalue weighted by atomic mass is 16.5. The molecule has 0 aliphatic heterocycles. The first-order valence-electron chi connectivity index (χ1n) is 6.71. The van der Waals surface area contributed by atoms with Crippen LogP contribution < -0.4 is 0 Å². The molecule has 0 fully saturated rings. The maximum absolute atomic E-state index is 9.91. The number of aliphatic hydroxyl groups is 1. The number of aryl methyl sites for hydroxylation is 1. The zero-order valence-electron chi connectivity index (χ0n) is 11.0. The molecule has 0 radical (unpaired) electrons. The van der Waals surface area contributed by atoms with E-state index in [2.05, 4.69) is 24.3 Å². The van der Waals surface area contributed by atoms with Crippen molar-refractivity contribution >= 4 is 0 Å². The maximum atomic E-state index is 9.91. The van der Waals surface area contributed by atoms with Crippen LogP contribution in [0.2, 0.25) is 0 Å². The van der Waals surface area contributed by atoms with Crippen molar-refractivity contribution in [1.82, 2.24) is 0 Å². The Bertz CT molecular complexity index is 453. The van der Waals surface area contributed by atoms with Gasteiger partial charge in [0.25, 0.3) is 0 Å². The number of aliphatic hydroxyl groups excluding tert-OH is 1. The SMILES string of the molecule is OC(COCCCc1ccccc1)c1ccccc1. The lowest BCUT2D eigenvalue weighted by atomic mass is 10.1.